The Hall–Kier alpha value is -0.940. The van der Waals surface area contributed by atoms with Crippen molar-refractivity contribution < 1.29 is 4.84 Å². The summed E-state index contributed by atoms with van der Waals surface area (Å²) in [5, 5.41) is 1.70. The quantitative estimate of drug-likeness (QED) is 0.709. The summed E-state index contributed by atoms with van der Waals surface area (Å²) in [6, 6.07) is 6.38. The fourth-order valence-corrected chi connectivity index (χ4v) is 2.02. The van der Waals surface area contributed by atoms with Crippen LogP contribution in [0.2, 0.25) is 0 Å². The summed E-state index contributed by atoms with van der Waals surface area (Å²) in [5.74, 6) is 6.03. The van der Waals surface area contributed by atoms with Crippen LogP contribution in [0.1, 0.15) is 36.7 Å². The lowest BCUT2D eigenvalue weighted by atomic mass is 10.0. The number of aryl methyl sites for hydroxylation is 2. The minimum absolute atomic E-state index is 0.0893. The summed E-state index contributed by atoms with van der Waals surface area (Å²) in [4.78, 5) is 5.45. The highest BCUT2D eigenvalue weighted by Crippen LogP contribution is 2.30. The van der Waals surface area contributed by atoms with E-state index >= 15 is 0 Å². The Kier molecular flexibility index (Phi) is 2.75. The number of hydrogen-bond donors (Lipinski definition) is 2. The first-order valence-electron chi connectivity index (χ1n) is 5.46. The standard InChI is InChI=1S/C12H19N3O/c1-8-5-9(2)7-10(6-8)11-14-16-12(3,4)15(11)13/h5-7,11,14H,13H2,1-4H3. The molecule has 0 aliphatic carbocycles. The molecule has 0 aromatic heterocycles. The van der Waals surface area contributed by atoms with E-state index in [4.69, 9.17) is 10.7 Å². The Labute approximate surface area is 96.3 Å². The van der Waals surface area contributed by atoms with E-state index in [9.17, 15) is 0 Å². The van der Waals surface area contributed by atoms with Crippen LogP contribution in [0.15, 0.2) is 18.2 Å². The number of hydroxylamine groups is 1. The first-order chi connectivity index (χ1) is 7.40. The highest BCUT2D eigenvalue weighted by Gasteiger charge is 2.39. The molecule has 1 atom stereocenters. The zero-order valence-corrected chi connectivity index (χ0v) is 10.2. The minimum Gasteiger partial charge on any atom is -0.277 e. The van der Waals surface area contributed by atoms with Gasteiger partial charge in [-0.05, 0) is 33.3 Å². The van der Waals surface area contributed by atoms with E-state index < -0.39 is 5.72 Å². The highest BCUT2D eigenvalue weighted by atomic mass is 16.7. The average molecular weight is 221 g/mol. The molecule has 0 bridgehead atoms. The molecule has 1 aliphatic heterocycles. The van der Waals surface area contributed by atoms with Crippen LogP contribution in [-0.2, 0) is 4.84 Å². The van der Waals surface area contributed by atoms with Crippen molar-refractivity contribution in [2.75, 3.05) is 0 Å². The largest absolute Gasteiger partial charge is 0.277 e. The molecule has 4 heteroatoms. The van der Waals surface area contributed by atoms with Gasteiger partial charge in [0.25, 0.3) is 0 Å². The lowest BCUT2D eigenvalue weighted by Gasteiger charge is -2.27. The number of nitrogens with one attached hydrogen (secondary N) is 1. The summed E-state index contributed by atoms with van der Waals surface area (Å²) in [5.41, 5.74) is 6.08. The molecular formula is C12H19N3O. The Bertz CT molecular complexity index is 383. The van der Waals surface area contributed by atoms with Gasteiger partial charge in [0, 0.05) is 0 Å². The molecule has 3 N–H and O–H groups in total. The van der Waals surface area contributed by atoms with Crippen molar-refractivity contribution in [3.8, 4) is 0 Å². The third kappa shape index (κ3) is 1.97. The van der Waals surface area contributed by atoms with E-state index in [0.717, 1.165) is 5.56 Å². The third-order valence-corrected chi connectivity index (χ3v) is 2.88. The SMILES string of the molecule is Cc1cc(C)cc(C2NOC(C)(C)N2N)c1. The average Bonchev–Trinajstić information content (AvgIpc) is 2.40. The summed E-state index contributed by atoms with van der Waals surface area (Å²) >= 11 is 0. The van der Waals surface area contributed by atoms with Crippen molar-refractivity contribution in [1.82, 2.24) is 10.5 Å². The van der Waals surface area contributed by atoms with E-state index in [-0.39, 0.29) is 6.17 Å². The van der Waals surface area contributed by atoms with Gasteiger partial charge in [0.2, 0.25) is 0 Å². The molecule has 0 amide bonds. The maximum atomic E-state index is 6.03. The van der Waals surface area contributed by atoms with Gasteiger partial charge in [-0.3, -0.25) is 10.7 Å². The van der Waals surface area contributed by atoms with Gasteiger partial charge < -0.3 is 0 Å². The number of hydrogen-bond acceptors (Lipinski definition) is 4. The highest BCUT2D eigenvalue weighted by molar-refractivity contribution is 5.30. The van der Waals surface area contributed by atoms with Gasteiger partial charge in [0.15, 0.2) is 5.72 Å². The van der Waals surface area contributed by atoms with Gasteiger partial charge in [-0.25, -0.2) is 0 Å². The zero-order chi connectivity index (χ0) is 11.9. The zero-order valence-electron chi connectivity index (χ0n) is 10.2. The van der Waals surface area contributed by atoms with Gasteiger partial charge in [0.1, 0.15) is 6.17 Å². The molecule has 1 saturated heterocycles. The predicted molar refractivity (Wildman–Crippen MR) is 63.0 cm³/mol. The van der Waals surface area contributed by atoms with Crippen LogP contribution in [0.25, 0.3) is 0 Å². The molecular weight excluding hydrogens is 202 g/mol. The van der Waals surface area contributed by atoms with E-state index in [1.165, 1.54) is 11.1 Å². The fourth-order valence-electron chi connectivity index (χ4n) is 2.02. The van der Waals surface area contributed by atoms with Crippen molar-refractivity contribution in [2.45, 2.75) is 39.6 Å². The van der Waals surface area contributed by atoms with Crippen molar-refractivity contribution in [3.63, 3.8) is 0 Å². The molecule has 1 aliphatic rings. The van der Waals surface area contributed by atoms with Gasteiger partial charge in [-0.15, -0.1) is 0 Å². The number of rotatable bonds is 1. The lowest BCUT2D eigenvalue weighted by molar-refractivity contribution is -0.0847. The second kappa shape index (κ2) is 3.82. The third-order valence-electron chi connectivity index (χ3n) is 2.88. The molecule has 1 aromatic rings. The molecule has 0 saturated carbocycles. The Morgan fingerprint density at radius 3 is 2.25 bits per heavy atom. The first kappa shape index (κ1) is 11.5. The van der Waals surface area contributed by atoms with E-state index in [1.54, 1.807) is 5.01 Å². The Morgan fingerprint density at radius 1 is 1.25 bits per heavy atom. The van der Waals surface area contributed by atoms with Crippen LogP contribution < -0.4 is 11.3 Å². The fraction of sp³-hybridized carbons (Fsp3) is 0.500. The minimum atomic E-state index is -0.484. The molecule has 1 heterocycles. The molecule has 1 unspecified atom stereocenters. The van der Waals surface area contributed by atoms with Crippen molar-refractivity contribution in [1.29, 1.82) is 0 Å². The Morgan fingerprint density at radius 2 is 1.81 bits per heavy atom. The van der Waals surface area contributed by atoms with E-state index in [0.29, 0.717) is 0 Å². The molecule has 0 spiro atoms. The van der Waals surface area contributed by atoms with E-state index in [1.807, 2.05) is 13.8 Å². The second-order valence-electron chi connectivity index (χ2n) is 4.90. The van der Waals surface area contributed by atoms with Crippen LogP contribution >= 0.6 is 0 Å². The van der Waals surface area contributed by atoms with Gasteiger partial charge in [-0.1, -0.05) is 29.3 Å². The number of benzene rings is 1. The summed E-state index contributed by atoms with van der Waals surface area (Å²) in [6.45, 7) is 8.03. The maximum Gasteiger partial charge on any atom is 0.150 e. The van der Waals surface area contributed by atoms with Gasteiger partial charge in [0.05, 0.1) is 0 Å². The second-order valence-corrected chi connectivity index (χ2v) is 4.90. The monoisotopic (exact) mass is 221 g/mol. The van der Waals surface area contributed by atoms with E-state index in [2.05, 4.69) is 37.5 Å². The van der Waals surface area contributed by atoms with Crippen molar-refractivity contribution in [3.05, 3.63) is 34.9 Å². The Balaban J connectivity index is 2.32. The molecule has 2 rings (SSSR count). The normalized spacial score (nSPS) is 24.9. The van der Waals surface area contributed by atoms with Crippen LogP contribution in [-0.4, -0.2) is 10.7 Å². The molecule has 1 fully saturated rings. The summed E-state index contributed by atoms with van der Waals surface area (Å²) < 4.78 is 0. The van der Waals surface area contributed by atoms with Gasteiger partial charge in [-0.2, -0.15) is 10.5 Å². The number of nitrogens with two attached hydrogens (primary N) is 1. The smallest absolute Gasteiger partial charge is 0.150 e. The summed E-state index contributed by atoms with van der Waals surface area (Å²) in [7, 11) is 0. The van der Waals surface area contributed by atoms with Crippen LogP contribution in [0.3, 0.4) is 0 Å². The molecule has 88 valence electrons. The van der Waals surface area contributed by atoms with Crippen molar-refractivity contribution in [2.24, 2.45) is 5.84 Å². The molecule has 1 aromatic carbocycles. The van der Waals surface area contributed by atoms with Crippen LogP contribution in [0.4, 0.5) is 0 Å². The molecule has 16 heavy (non-hydrogen) atoms. The van der Waals surface area contributed by atoms with Crippen LogP contribution in [0.5, 0.6) is 0 Å². The maximum absolute atomic E-state index is 6.03. The van der Waals surface area contributed by atoms with Gasteiger partial charge >= 0.3 is 0 Å². The number of hydrazine groups is 1. The molecule has 4 nitrogen and oxygen atoms in total. The van der Waals surface area contributed by atoms with Crippen LogP contribution in [0, 0.1) is 13.8 Å². The summed E-state index contributed by atoms with van der Waals surface area (Å²) in [6.07, 6.45) is -0.0893. The van der Waals surface area contributed by atoms with Crippen molar-refractivity contribution >= 4 is 0 Å². The number of nitrogens with zero attached hydrogens (tertiary/aromatic N) is 1. The predicted octanol–water partition coefficient (Wildman–Crippen LogP) is 1.75. The molecule has 0 radical (unpaired) electrons. The lowest BCUT2D eigenvalue weighted by Crippen LogP contribution is -2.45. The first-order valence-corrected chi connectivity index (χ1v) is 5.46. The topological polar surface area (TPSA) is 50.5 Å².